The van der Waals surface area contributed by atoms with Crippen LogP contribution < -0.4 is 50.1 Å². The molecule has 1 aromatic carbocycles. The minimum absolute atomic E-state index is 0. The van der Waals surface area contributed by atoms with Gasteiger partial charge in [-0.15, -0.1) is 23.1 Å². The maximum absolute atomic E-state index is 13.8. The fourth-order valence-electron chi connectivity index (χ4n) is 6.09. The molecule has 0 radical (unpaired) electrons. The molecule has 0 saturated carbocycles. The van der Waals surface area contributed by atoms with Gasteiger partial charge in [0.2, 0.25) is 12.2 Å². The molecular weight excluding hydrogens is 799 g/mol. The summed E-state index contributed by atoms with van der Waals surface area (Å²) in [5.41, 5.74) is 6.86. The summed E-state index contributed by atoms with van der Waals surface area (Å²) in [5.74, 6) is -3.86. The van der Waals surface area contributed by atoms with Gasteiger partial charge in [-0.05, 0) is 44.0 Å². The van der Waals surface area contributed by atoms with Gasteiger partial charge in [0, 0.05) is 35.1 Å². The number of pyridine rings is 1. The molecule has 7 rings (SSSR count). The number of carboxylic acid groups (broad SMARTS) is 1. The Balaban J connectivity index is 0.00000532. The number of halogens is 1. The average Bonchev–Trinajstić information content (AvgIpc) is 3.93. The van der Waals surface area contributed by atoms with Crippen LogP contribution in [0.25, 0.3) is 11.2 Å². The third kappa shape index (κ3) is 8.02. The summed E-state index contributed by atoms with van der Waals surface area (Å²) < 4.78 is 3.84. The predicted molar refractivity (Wildman–Crippen MR) is 195 cm³/mol. The van der Waals surface area contributed by atoms with E-state index in [4.69, 9.17) is 22.2 Å². The molecule has 18 nitrogen and oxygen atoms in total. The maximum atomic E-state index is 13.8. The zero-order valence-corrected chi connectivity index (χ0v) is 34.3. The van der Waals surface area contributed by atoms with Crippen LogP contribution in [0, 0.1) is 5.92 Å². The molecule has 6 heterocycles. The van der Waals surface area contributed by atoms with E-state index in [2.05, 4.69) is 30.8 Å². The number of imidazole rings is 1. The molecule has 4 N–H and O–H groups in total. The molecular formula is C34H30ClN10NaO8S2. The molecule has 284 valence electrons. The number of aliphatic carboxylic acids is 1. The number of phenols is 2. The van der Waals surface area contributed by atoms with Gasteiger partial charge >= 0.3 is 29.6 Å². The number of phenolic OH excluding ortho intramolecular Hbond substituents is 2. The number of ketones is 2. The van der Waals surface area contributed by atoms with Crippen LogP contribution in [0.3, 0.4) is 0 Å². The standard InChI is InChI=1S/C34H31ClN10O8S2.Na/c1-34(2,32(51)52)53-40-26(21-14-55-33(36)37-21)24(48)9-20-30(50)45-27(29-38-41-42-39-29)17(13-54-31(20)45)11-43-12-18-5-3-16(10-44(18)15-43)4-7-22(46)19-6-8-23(47)28(49)25(19)35;/h3,5-6,8,10,12,14-15,20,31H,4,7,9,11,13H2,1-2H3,(H5-,36,37,38,39,40,41,42,46,47,48,49,51,52);/q;+1/p-1/t20-,31-;/m1./s1. The Bertz CT molecular complexity index is 2430. The van der Waals surface area contributed by atoms with E-state index in [1.165, 1.54) is 43.1 Å². The Kier molecular flexibility index (Phi) is 11.9. The van der Waals surface area contributed by atoms with Crippen molar-refractivity contribution in [2.75, 3.05) is 11.5 Å². The smallest absolute Gasteiger partial charge is 0.546 e. The second-order valence-corrected chi connectivity index (χ2v) is 15.6. The summed E-state index contributed by atoms with van der Waals surface area (Å²) in [6, 6.07) is 6.41. The van der Waals surface area contributed by atoms with Crippen LogP contribution in [0.5, 0.6) is 11.5 Å². The first kappa shape index (κ1) is 40.8. The molecule has 1 amide bonds. The average molecular weight is 829 g/mol. The SMILES string of the molecule is CC(C)(O/N=C(\C(=O)C[C@@H]1C(=O)N2C(c3nnn[n-]3)=C(C[n+]3cc4ccc(CCC(=O)c5ccc(O)c(O)c5Cl)cn4c3)CS[C@H]12)c1csc(N)n1)C(=O)[O-].[Na+]. The number of amides is 1. The quantitative estimate of drug-likeness (QED) is 0.0211. The number of fused-ring (bicyclic) bond motifs is 2. The number of hydrogen-bond acceptors (Lipinski definition) is 16. The third-order valence-electron chi connectivity index (χ3n) is 9.03. The number of rotatable bonds is 14. The Labute approximate surface area is 352 Å². The minimum atomic E-state index is -1.85. The number of nitrogen functional groups attached to an aromatic ring is 1. The van der Waals surface area contributed by atoms with E-state index in [-0.39, 0.29) is 87.0 Å². The monoisotopic (exact) mass is 828 g/mol. The number of anilines is 1. The number of aromatic nitrogens is 7. The number of thiazole rings is 1. The van der Waals surface area contributed by atoms with Crippen molar-refractivity contribution in [3.05, 3.63) is 81.6 Å². The predicted octanol–water partition coefficient (Wildman–Crippen LogP) is -1.86. The maximum Gasteiger partial charge on any atom is 1.00 e. The summed E-state index contributed by atoms with van der Waals surface area (Å²) >= 11 is 8.60. The van der Waals surface area contributed by atoms with Gasteiger partial charge in [0.1, 0.15) is 18.4 Å². The van der Waals surface area contributed by atoms with Gasteiger partial charge in [-0.2, -0.15) is 5.21 Å². The molecule has 4 aromatic heterocycles. The molecule has 0 spiro atoms. The molecule has 0 bridgehead atoms. The summed E-state index contributed by atoms with van der Waals surface area (Å²) in [6.07, 6.45) is 5.93. The van der Waals surface area contributed by atoms with Gasteiger partial charge in [-0.3, -0.25) is 29.6 Å². The van der Waals surface area contributed by atoms with Crippen LogP contribution in [-0.4, -0.2) is 85.9 Å². The summed E-state index contributed by atoms with van der Waals surface area (Å²) in [6.45, 7) is 2.79. The number of carboxylic acids is 1. The first-order valence-corrected chi connectivity index (χ1v) is 18.8. The summed E-state index contributed by atoms with van der Waals surface area (Å²) in [7, 11) is 0. The van der Waals surface area contributed by atoms with Gasteiger partial charge in [-0.25, -0.2) is 14.0 Å². The second kappa shape index (κ2) is 16.3. The number of nitrogens with zero attached hydrogens (tertiary/aromatic N) is 9. The van der Waals surface area contributed by atoms with Crippen molar-refractivity contribution in [2.24, 2.45) is 11.1 Å². The van der Waals surface area contributed by atoms with Crippen LogP contribution in [0.15, 0.2) is 59.1 Å². The Morgan fingerprint density at radius 1 is 1.23 bits per heavy atom. The molecule has 22 heteroatoms. The Hall–Kier alpha value is -4.86. The van der Waals surface area contributed by atoms with Crippen LogP contribution in [0.2, 0.25) is 5.02 Å². The molecule has 1 fully saturated rings. The van der Waals surface area contributed by atoms with Crippen molar-refractivity contribution in [3.63, 3.8) is 0 Å². The van der Waals surface area contributed by atoms with Gasteiger partial charge in [0.05, 0.1) is 40.0 Å². The number of benzene rings is 1. The number of nitrogens with two attached hydrogens (primary N) is 1. The number of carbonyl (C=O) groups excluding carboxylic acids is 4. The van der Waals surface area contributed by atoms with E-state index in [0.717, 1.165) is 28.0 Å². The number of carbonyl (C=O) groups is 4. The van der Waals surface area contributed by atoms with E-state index in [0.29, 0.717) is 24.4 Å². The normalized spacial score (nSPS) is 17.0. The van der Waals surface area contributed by atoms with E-state index >= 15 is 0 Å². The summed E-state index contributed by atoms with van der Waals surface area (Å²) in [4.78, 5) is 62.6. The first-order chi connectivity index (χ1) is 26.2. The van der Waals surface area contributed by atoms with E-state index in [9.17, 15) is 34.5 Å². The molecule has 0 unspecified atom stereocenters. The molecule has 2 atom stereocenters. The molecule has 2 aliphatic heterocycles. The zero-order valence-electron chi connectivity index (χ0n) is 29.9. The Morgan fingerprint density at radius 3 is 2.71 bits per heavy atom. The van der Waals surface area contributed by atoms with Crippen LogP contribution >= 0.6 is 34.7 Å². The van der Waals surface area contributed by atoms with Crippen molar-refractivity contribution in [1.29, 1.82) is 0 Å². The number of β-lactam (4-membered cyclic amide) rings is 1. The van der Waals surface area contributed by atoms with Crippen LogP contribution in [0.1, 0.15) is 54.1 Å². The van der Waals surface area contributed by atoms with E-state index < -0.39 is 40.1 Å². The van der Waals surface area contributed by atoms with Gasteiger partial charge in [0.25, 0.3) is 0 Å². The number of tetrazole rings is 1. The van der Waals surface area contributed by atoms with E-state index in [1.54, 1.807) is 4.90 Å². The number of aryl methyl sites for hydroxylation is 1. The number of thioether (sulfide) groups is 1. The number of aromatic hydroxyl groups is 2. The van der Waals surface area contributed by atoms with Gasteiger partial charge in [0.15, 0.2) is 45.0 Å². The molecule has 1 saturated heterocycles. The van der Waals surface area contributed by atoms with Crippen molar-refractivity contribution in [3.8, 4) is 11.5 Å². The van der Waals surface area contributed by atoms with Crippen LogP contribution in [0.4, 0.5) is 5.13 Å². The molecule has 2 aliphatic rings. The number of Topliss-reactive ketones (excluding diaryl/α,β-unsaturated/α-hetero) is 2. The van der Waals surface area contributed by atoms with Crippen molar-refractivity contribution in [1.82, 2.24) is 34.9 Å². The largest absolute Gasteiger partial charge is 1.00 e. The number of oxime groups is 1. The van der Waals surface area contributed by atoms with Gasteiger partial charge < -0.3 is 35.8 Å². The molecule has 5 aromatic rings. The number of hydrogen-bond donors (Lipinski definition) is 3. The minimum Gasteiger partial charge on any atom is -0.546 e. The topological polar surface area (TPSA) is 257 Å². The second-order valence-electron chi connectivity index (χ2n) is 13.2. The fraction of sp³-hybridized carbons (Fsp3) is 0.294. The third-order valence-corrected chi connectivity index (χ3v) is 11.5. The Morgan fingerprint density at radius 2 is 2.02 bits per heavy atom. The van der Waals surface area contributed by atoms with Crippen molar-refractivity contribution < 1.29 is 73.5 Å². The van der Waals surface area contributed by atoms with Crippen molar-refractivity contribution >= 4 is 80.2 Å². The first-order valence-electron chi connectivity index (χ1n) is 16.5. The molecule has 56 heavy (non-hydrogen) atoms. The summed E-state index contributed by atoms with van der Waals surface area (Å²) in [5, 5.41) is 51.2. The zero-order chi connectivity index (χ0) is 39.2. The van der Waals surface area contributed by atoms with E-state index in [1.807, 2.05) is 39.8 Å². The van der Waals surface area contributed by atoms with Crippen molar-refractivity contribution in [2.45, 2.75) is 50.6 Å². The van der Waals surface area contributed by atoms with Gasteiger partial charge in [-0.1, -0.05) is 22.8 Å². The fourth-order valence-corrected chi connectivity index (χ4v) is 8.30. The molecule has 0 aliphatic carbocycles. The van der Waals surface area contributed by atoms with Crippen LogP contribution in [-0.2, 0) is 32.2 Å².